The number of fused-ring (bicyclic) bond motifs is 1. The number of hydrogen-bond acceptors (Lipinski definition) is 5. The lowest BCUT2D eigenvalue weighted by molar-refractivity contribution is 0.0705. The van der Waals surface area contributed by atoms with Crippen molar-refractivity contribution in [3.8, 4) is 0 Å². The first kappa shape index (κ1) is 15.5. The van der Waals surface area contributed by atoms with Crippen LogP contribution in [0.4, 0.5) is 11.4 Å². The van der Waals surface area contributed by atoms with Crippen molar-refractivity contribution in [3.05, 3.63) is 30.1 Å². The van der Waals surface area contributed by atoms with Gasteiger partial charge in [-0.3, -0.25) is 4.98 Å². The summed E-state index contributed by atoms with van der Waals surface area (Å²) >= 11 is 0. The van der Waals surface area contributed by atoms with Crippen molar-refractivity contribution in [1.82, 2.24) is 4.98 Å². The lowest BCUT2D eigenvalue weighted by Gasteiger charge is -2.12. The zero-order valence-corrected chi connectivity index (χ0v) is 12.7. The Hall–Kier alpha value is -1.85. The SMILES string of the molecule is COCCOCCCNc1ccc(N)c2cnc(C)cc12. The van der Waals surface area contributed by atoms with E-state index in [0.29, 0.717) is 13.2 Å². The maximum Gasteiger partial charge on any atom is 0.0700 e. The molecule has 1 heterocycles. The molecule has 0 radical (unpaired) electrons. The third-order valence-corrected chi connectivity index (χ3v) is 3.28. The van der Waals surface area contributed by atoms with Crippen LogP contribution < -0.4 is 11.1 Å². The van der Waals surface area contributed by atoms with Gasteiger partial charge < -0.3 is 20.5 Å². The van der Waals surface area contributed by atoms with Gasteiger partial charge in [0.1, 0.15) is 0 Å². The van der Waals surface area contributed by atoms with Gasteiger partial charge in [-0.15, -0.1) is 0 Å². The van der Waals surface area contributed by atoms with E-state index in [-0.39, 0.29) is 0 Å². The Bertz CT molecular complexity index is 587. The van der Waals surface area contributed by atoms with Crippen LogP contribution in [0.15, 0.2) is 24.4 Å². The minimum absolute atomic E-state index is 0.641. The van der Waals surface area contributed by atoms with Crippen LogP contribution in [0.1, 0.15) is 12.1 Å². The molecule has 0 saturated heterocycles. The van der Waals surface area contributed by atoms with E-state index in [9.17, 15) is 0 Å². The van der Waals surface area contributed by atoms with Crippen molar-refractivity contribution >= 4 is 22.1 Å². The summed E-state index contributed by atoms with van der Waals surface area (Å²) in [6, 6.07) is 5.99. The van der Waals surface area contributed by atoms with E-state index in [1.54, 1.807) is 7.11 Å². The maximum atomic E-state index is 6.00. The van der Waals surface area contributed by atoms with E-state index in [1.165, 1.54) is 0 Å². The molecule has 0 aliphatic heterocycles. The zero-order valence-electron chi connectivity index (χ0n) is 12.7. The van der Waals surface area contributed by atoms with Crippen molar-refractivity contribution in [2.45, 2.75) is 13.3 Å². The summed E-state index contributed by atoms with van der Waals surface area (Å²) < 4.78 is 10.4. The highest BCUT2D eigenvalue weighted by molar-refractivity contribution is 6.00. The van der Waals surface area contributed by atoms with Crippen molar-refractivity contribution in [1.29, 1.82) is 0 Å². The van der Waals surface area contributed by atoms with Crippen LogP contribution in [0, 0.1) is 6.92 Å². The number of rotatable bonds is 8. The third kappa shape index (κ3) is 4.31. The first-order chi connectivity index (χ1) is 10.2. The summed E-state index contributed by atoms with van der Waals surface area (Å²) in [5.41, 5.74) is 8.82. The van der Waals surface area contributed by atoms with Crippen LogP contribution in [-0.2, 0) is 9.47 Å². The molecule has 3 N–H and O–H groups in total. The number of aryl methyl sites for hydroxylation is 1. The molecule has 0 fully saturated rings. The quantitative estimate of drug-likeness (QED) is 0.577. The number of nitrogens with two attached hydrogens (primary N) is 1. The molecule has 1 aromatic carbocycles. The van der Waals surface area contributed by atoms with Gasteiger partial charge in [0.15, 0.2) is 0 Å². The second kappa shape index (κ2) is 7.81. The Morgan fingerprint density at radius 1 is 1.19 bits per heavy atom. The Morgan fingerprint density at radius 2 is 2.05 bits per heavy atom. The van der Waals surface area contributed by atoms with Gasteiger partial charge in [-0.1, -0.05) is 0 Å². The molecule has 0 aliphatic rings. The van der Waals surface area contributed by atoms with E-state index in [1.807, 2.05) is 25.3 Å². The van der Waals surface area contributed by atoms with Crippen LogP contribution in [-0.4, -0.2) is 38.5 Å². The lowest BCUT2D eigenvalue weighted by Crippen LogP contribution is -2.08. The smallest absolute Gasteiger partial charge is 0.0700 e. The average molecular weight is 289 g/mol. The molecule has 0 bridgehead atoms. The van der Waals surface area contributed by atoms with Gasteiger partial charge in [0.25, 0.3) is 0 Å². The highest BCUT2D eigenvalue weighted by Crippen LogP contribution is 2.28. The number of aromatic nitrogens is 1. The Kier molecular flexibility index (Phi) is 5.78. The first-order valence-corrected chi connectivity index (χ1v) is 7.18. The fourth-order valence-corrected chi connectivity index (χ4v) is 2.16. The minimum atomic E-state index is 0.641. The van der Waals surface area contributed by atoms with Crippen LogP contribution in [0.2, 0.25) is 0 Å². The number of methoxy groups -OCH3 is 1. The molecule has 0 aliphatic carbocycles. The molecule has 0 atom stereocenters. The fraction of sp³-hybridized carbons (Fsp3) is 0.438. The Labute approximate surface area is 125 Å². The highest BCUT2D eigenvalue weighted by atomic mass is 16.5. The largest absolute Gasteiger partial charge is 0.398 e. The molecule has 21 heavy (non-hydrogen) atoms. The lowest BCUT2D eigenvalue weighted by atomic mass is 10.1. The van der Waals surface area contributed by atoms with E-state index in [2.05, 4.69) is 16.4 Å². The van der Waals surface area contributed by atoms with Gasteiger partial charge in [0, 0.05) is 54.3 Å². The number of anilines is 2. The molecule has 1 aromatic heterocycles. The van der Waals surface area contributed by atoms with Crippen LogP contribution >= 0.6 is 0 Å². The predicted octanol–water partition coefficient (Wildman–Crippen LogP) is 2.59. The van der Waals surface area contributed by atoms with E-state index >= 15 is 0 Å². The normalized spacial score (nSPS) is 11.0. The van der Waals surface area contributed by atoms with Gasteiger partial charge in [0.2, 0.25) is 0 Å². The number of nitrogens with one attached hydrogen (secondary N) is 1. The Balaban J connectivity index is 1.93. The van der Waals surface area contributed by atoms with Gasteiger partial charge in [0.05, 0.1) is 13.2 Å². The maximum absolute atomic E-state index is 6.00. The topological polar surface area (TPSA) is 69.4 Å². The number of pyridine rings is 1. The van der Waals surface area contributed by atoms with Gasteiger partial charge in [-0.25, -0.2) is 0 Å². The molecular formula is C16H23N3O2. The zero-order chi connectivity index (χ0) is 15.1. The first-order valence-electron chi connectivity index (χ1n) is 7.18. The van der Waals surface area contributed by atoms with Crippen LogP contribution in [0.25, 0.3) is 10.8 Å². The summed E-state index contributed by atoms with van der Waals surface area (Å²) in [5.74, 6) is 0. The number of nitrogen functional groups attached to an aromatic ring is 1. The summed E-state index contributed by atoms with van der Waals surface area (Å²) in [7, 11) is 1.67. The van der Waals surface area contributed by atoms with Crippen LogP contribution in [0.5, 0.6) is 0 Å². The summed E-state index contributed by atoms with van der Waals surface area (Å²) in [6.07, 6.45) is 2.78. The molecule has 0 unspecified atom stereocenters. The summed E-state index contributed by atoms with van der Waals surface area (Å²) in [5, 5.41) is 5.54. The molecule has 5 nitrogen and oxygen atoms in total. The molecule has 2 aromatic rings. The van der Waals surface area contributed by atoms with Gasteiger partial charge >= 0.3 is 0 Å². The van der Waals surface area contributed by atoms with Crippen molar-refractivity contribution < 1.29 is 9.47 Å². The van der Waals surface area contributed by atoms with E-state index in [0.717, 1.165) is 47.4 Å². The van der Waals surface area contributed by atoms with Gasteiger partial charge in [-0.05, 0) is 31.5 Å². The standard InChI is InChI=1S/C16H23N3O2/c1-12-10-13-14(11-19-12)15(17)4-5-16(13)18-6-3-7-21-9-8-20-2/h4-5,10-11,18H,3,6-9,17H2,1-2H3. The van der Waals surface area contributed by atoms with E-state index < -0.39 is 0 Å². The average Bonchev–Trinajstić information content (AvgIpc) is 2.48. The summed E-state index contributed by atoms with van der Waals surface area (Å²) in [4.78, 5) is 4.31. The van der Waals surface area contributed by atoms with Crippen LogP contribution in [0.3, 0.4) is 0 Å². The number of nitrogens with zero attached hydrogens (tertiary/aromatic N) is 1. The molecular weight excluding hydrogens is 266 g/mol. The second-order valence-electron chi connectivity index (χ2n) is 4.96. The minimum Gasteiger partial charge on any atom is -0.398 e. The van der Waals surface area contributed by atoms with E-state index in [4.69, 9.17) is 15.2 Å². The van der Waals surface area contributed by atoms with Crippen molar-refractivity contribution in [2.24, 2.45) is 0 Å². The second-order valence-corrected chi connectivity index (χ2v) is 4.96. The monoisotopic (exact) mass is 289 g/mol. The number of benzene rings is 1. The van der Waals surface area contributed by atoms with Crippen molar-refractivity contribution in [2.75, 3.05) is 44.5 Å². The molecule has 114 valence electrons. The third-order valence-electron chi connectivity index (χ3n) is 3.28. The molecule has 2 rings (SSSR count). The molecule has 5 heteroatoms. The molecule has 0 saturated carbocycles. The number of ether oxygens (including phenoxy) is 2. The van der Waals surface area contributed by atoms with Crippen molar-refractivity contribution in [3.63, 3.8) is 0 Å². The predicted molar refractivity (Wildman–Crippen MR) is 86.7 cm³/mol. The fourth-order valence-electron chi connectivity index (χ4n) is 2.16. The highest BCUT2D eigenvalue weighted by Gasteiger charge is 2.04. The number of hydrogen-bond donors (Lipinski definition) is 2. The molecule has 0 spiro atoms. The van der Waals surface area contributed by atoms with Gasteiger partial charge in [-0.2, -0.15) is 0 Å². The Morgan fingerprint density at radius 3 is 2.86 bits per heavy atom. The molecule has 0 amide bonds. The summed E-state index contributed by atoms with van der Waals surface area (Å²) in [6.45, 7) is 4.85.